The molecule has 0 bridgehead atoms. The Kier molecular flexibility index (Phi) is 5.37. The SMILES string of the molecule is CCC(NC(=O)c1ccc(F)cc1Br)c1ccc(Cl)cc1. The molecule has 2 aromatic carbocycles. The lowest BCUT2D eigenvalue weighted by atomic mass is 10.0. The third-order valence-corrected chi connectivity index (χ3v) is 4.07. The minimum Gasteiger partial charge on any atom is -0.345 e. The van der Waals surface area contributed by atoms with Crippen LogP contribution in [0.1, 0.15) is 35.3 Å². The Morgan fingerprint density at radius 2 is 1.95 bits per heavy atom. The van der Waals surface area contributed by atoms with Crippen molar-refractivity contribution in [1.29, 1.82) is 0 Å². The summed E-state index contributed by atoms with van der Waals surface area (Å²) < 4.78 is 13.5. The van der Waals surface area contributed by atoms with E-state index in [0.717, 1.165) is 12.0 Å². The lowest BCUT2D eigenvalue weighted by Crippen LogP contribution is -2.28. The normalized spacial score (nSPS) is 12.0. The van der Waals surface area contributed by atoms with Gasteiger partial charge in [0.15, 0.2) is 0 Å². The van der Waals surface area contributed by atoms with Gasteiger partial charge in [-0.25, -0.2) is 4.39 Å². The number of carbonyl (C=O) groups excluding carboxylic acids is 1. The lowest BCUT2D eigenvalue weighted by Gasteiger charge is -2.18. The van der Waals surface area contributed by atoms with Crippen molar-refractivity contribution in [3.63, 3.8) is 0 Å². The molecule has 5 heteroatoms. The van der Waals surface area contributed by atoms with Crippen LogP contribution in [0, 0.1) is 5.82 Å². The van der Waals surface area contributed by atoms with Crippen LogP contribution < -0.4 is 5.32 Å². The maximum Gasteiger partial charge on any atom is 0.252 e. The molecule has 0 fully saturated rings. The minimum atomic E-state index is -0.386. The molecule has 0 aliphatic carbocycles. The molecular formula is C16H14BrClFNO. The van der Waals surface area contributed by atoms with Crippen molar-refractivity contribution >= 4 is 33.4 Å². The van der Waals surface area contributed by atoms with Gasteiger partial charge in [0.05, 0.1) is 11.6 Å². The quantitative estimate of drug-likeness (QED) is 0.795. The zero-order chi connectivity index (χ0) is 15.4. The van der Waals surface area contributed by atoms with Crippen LogP contribution in [0.2, 0.25) is 5.02 Å². The van der Waals surface area contributed by atoms with Gasteiger partial charge >= 0.3 is 0 Å². The average molecular weight is 371 g/mol. The number of carbonyl (C=O) groups is 1. The number of rotatable bonds is 4. The Balaban J connectivity index is 2.18. The maximum absolute atomic E-state index is 13.1. The van der Waals surface area contributed by atoms with Crippen LogP contribution in [-0.2, 0) is 0 Å². The number of halogens is 3. The highest BCUT2D eigenvalue weighted by Gasteiger charge is 2.16. The molecule has 1 N–H and O–H groups in total. The van der Waals surface area contributed by atoms with E-state index in [0.29, 0.717) is 15.1 Å². The second-order valence-electron chi connectivity index (χ2n) is 4.61. The molecule has 0 saturated carbocycles. The van der Waals surface area contributed by atoms with Gasteiger partial charge in [-0.1, -0.05) is 30.7 Å². The number of amides is 1. The first-order valence-electron chi connectivity index (χ1n) is 6.52. The van der Waals surface area contributed by atoms with Gasteiger partial charge in [-0.2, -0.15) is 0 Å². The molecule has 0 spiro atoms. The Morgan fingerprint density at radius 3 is 2.52 bits per heavy atom. The molecule has 110 valence electrons. The second-order valence-corrected chi connectivity index (χ2v) is 5.90. The summed E-state index contributed by atoms with van der Waals surface area (Å²) in [6.45, 7) is 1.99. The predicted octanol–water partition coefficient (Wildman–Crippen LogP) is 5.12. The number of hydrogen-bond acceptors (Lipinski definition) is 1. The van der Waals surface area contributed by atoms with Crippen molar-refractivity contribution in [2.75, 3.05) is 0 Å². The number of hydrogen-bond donors (Lipinski definition) is 1. The van der Waals surface area contributed by atoms with Gasteiger partial charge < -0.3 is 5.32 Å². The summed E-state index contributed by atoms with van der Waals surface area (Å²) in [5.74, 6) is -0.633. The monoisotopic (exact) mass is 369 g/mol. The average Bonchev–Trinajstić information content (AvgIpc) is 2.45. The van der Waals surface area contributed by atoms with Gasteiger partial charge in [0.1, 0.15) is 5.82 Å². The number of nitrogens with one attached hydrogen (secondary N) is 1. The molecule has 21 heavy (non-hydrogen) atoms. The van der Waals surface area contributed by atoms with E-state index in [-0.39, 0.29) is 17.8 Å². The molecule has 2 aromatic rings. The first-order valence-corrected chi connectivity index (χ1v) is 7.69. The zero-order valence-electron chi connectivity index (χ0n) is 11.4. The first-order chi connectivity index (χ1) is 10.0. The van der Waals surface area contributed by atoms with Crippen molar-refractivity contribution in [3.05, 3.63) is 68.9 Å². The Hall–Kier alpha value is -1.39. The van der Waals surface area contributed by atoms with E-state index in [1.165, 1.54) is 18.2 Å². The van der Waals surface area contributed by atoms with Crippen molar-refractivity contribution < 1.29 is 9.18 Å². The molecular weight excluding hydrogens is 357 g/mol. The number of benzene rings is 2. The van der Waals surface area contributed by atoms with Crippen LogP contribution in [0.25, 0.3) is 0 Å². The van der Waals surface area contributed by atoms with Crippen LogP contribution in [0.5, 0.6) is 0 Å². The van der Waals surface area contributed by atoms with E-state index in [4.69, 9.17) is 11.6 Å². The van der Waals surface area contributed by atoms with Crippen molar-refractivity contribution in [2.45, 2.75) is 19.4 Å². The molecule has 1 amide bonds. The van der Waals surface area contributed by atoms with Gasteiger partial charge in [-0.15, -0.1) is 0 Å². The molecule has 0 heterocycles. The fraction of sp³-hybridized carbons (Fsp3) is 0.188. The lowest BCUT2D eigenvalue weighted by molar-refractivity contribution is 0.0934. The van der Waals surface area contributed by atoms with Crippen molar-refractivity contribution in [1.82, 2.24) is 5.32 Å². The Labute approximate surface area is 136 Å². The van der Waals surface area contributed by atoms with Gasteiger partial charge in [0, 0.05) is 9.50 Å². The van der Waals surface area contributed by atoms with E-state index in [1.807, 2.05) is 19.1 Å². The van der Waals surface area contributed by atoms with Gasteiger partial charge in [0.2, 0.25) is 0 Å². The van der Waals surface area contributed by atoms with Crippen LogP contribution in [0.4, 0.5) is 4.39 Å². The highest BCUT2D eigenvalue weighted by atomic mass is 79.9. The van der Waals surface area contributed by atoms with Crippen molar-refractivity contribution in [3.8, 4) is 0 Å². The predicted molar refractivity (Wildman–Crippen MR) is 86.1 cm³/mol. The second kappa shape index (κ2) is 7.05. The molecule has 1 unspecified atom stereocenters. The fourth-order valence-corrected chi connectivity index (χ4v) is 2.68. The van der Waals surface area contributed by atoms with Crippen LogP contribution in [0.3, 0.4) is 0 Å². The molecule has 0 aromatic heterocycles. The fourth-order valence-electron chi connectivity index (χ4n) is 2.03. The maximum atomic E-state index is 13.1. The zero-order valence-corrected chi connectivity index (χ0v) is 13.7. The summed E-state index contributed by atoms with van der Waals surface area (Å²) in [7, 11) is 0. The molecule has 0 radical (unpaired) electrons. The van der Waals surface area contributed by atoms with E-state index < -0.39 is 0 Å². The summed E-state index contributed by atoms with van der Waals surface area (Å²) in [5.41, 5.74) is 1.39. The smallest absolute Gasteiger partial charge is 0.252 e. The highest BCUT2D eigenvalue weighted by Crippen LogP contribution is 2.22. The Bertz CT molecular complexity index is 645. The van der Waals surface area contributed by atoms with Crippen LogP contribution in [0.15, 0.2) is 46.9 Å². The minimum absolute atomic E-state index is 0.119. The molecule has 0 aliphatic rings. The third-order valence-electron chi connectivity index (χ3n) is 3.16. The van der Waals surface area contributed by atoms with Gasteiger partial charge in [-0.3, -0.25) is 4.79 Å². The molecule has 0 aliphatic heterocycles. The molecule has 2 rings (SSSR count). The van der Waals surface area contributed by atoms with E-state index in [2.05, 4.69) is 21.2 Å². The first kappa shape index (κ1) is 16.0. The highest BCUT2D eigenvalue weighted by molar-refractivity contribution is 9.10. The molecule has 1 atom stereocenters. The van der Waals surface area contributed by atoms with Gasteiger partial charge in [0.25, 0.3) is 5.91 Å². The summed E-state index contributed by atoms with van der Waals surface area (Å²) in [6, 6.07) is 11.2. The molecule has 2 nitrogen and oxygen atoms in total. The van der Waals surface area contributed by atoms with Gasteiger partial charge in [-0.05, 0) is 58.2 Å². The van der Waals surface area contributed by atoms with Crippen LogP contribution >= 0.6 is 27.5 Å². The van der Waals surface area contributed by atoms with Crippen LogP contribution in [-0.4, -0.2) is 5.91 Å². The summed E-state index contributed by atoms with van der Waals surface area (Å²) in [5, 5.41) is 3.60. The van der Waals surface area contributed by atoms with Crippen molar-refractivity contribution in [2.24, 2.45) is 0 Å². The largest absolute Gasteiger partial charge is 0.345 e. The standard InChI is InChI=1S/C16H14BrClFNO/c1-2-15(10-3-5-11(18)6-4-10)20-16(21)13-8-7-12(19)9-14(13)17/h3-9,15H,2H2,1H3,(H,20,21). The Morgan fingerprint density at radius 1 is 1.29 bits per heavy atom. The summed E-state index contributed by atoms with van der Waals surface area (Å²) in [4.78, 5) is 12.3. The molecule has 0 saturated heterocycles. The summed E-state index contributed by atoms with van der Waals surface area (Å²) in [6.07, 6.45) is 0.742. The third kappa shape index (κ3) is 4.05. The topological polar surface area (TPSA) is 29.1 Å². The van der Waals surface area contributed by atoms with E-state index >= 15 is 0 Å². The van der Waals surface area contributed by atoms with E-state index in [9.17, 15) is 9.18 Å². The van der Waals surface area contributed by atoms with E-state index in [1.54, 1.807) is 12.1 Å². The summed E-state index contributed by atoms with van der Waals surface area (Å²) >= 11 is 9.07.